The van der Waals surface area contributed by atoms with Gasteiger partial charge in [0.1, 0.15) is 18.1 Å². The van der Waals surface area contributed by atoms with Gasteiger partial charge in [-0.2, -0.15) is 0 Å². The molecular weight excluding hydrogens is 268 g/mol. The van der Waals surface area contributed by atoms with Crippen molar-refractivity contribution in [3.8, 4) is 23.3 Å². The molecular formula is C17H22O4. The van der Waals surface area contributed by atoms with E-state index in [2.05, 4.69) is 11.8 Å². The minimum Gasteiger partial charge on any atom is -0.497 e. The summed E-state index contributed by atoms with van der Waals surface area (Å²) in [5.74, 6) is 6.98. The van der Waals surface area contributed by atoms with Crippen molar-refractivity contribution >= 4 is 0 Å². The van der Waals surface area contributed by atoms with Gasteiger partial charge in [-0.15, -0.1) is 0 Å². The van der Waals surface area contributed by atoms with E-state index in [9.17, 15) is 0 Å². The van der Waals surface area contributed by atoms with Crippen LogP contribution in [0.1, 0.15) is 31.2 Å². The van der Waals surface area contributed by atoms with Crippen LogP contribution in [0.25, 0.3) is 0 Å². The van der Waals surface area contributed by atoms with Gasteiger partial charge >= 0.3 is 0 Å². The van der Waals surface area contributed by atoms with Crippen molar-refractivity contribution < 1.29 is 19.3 Å². The summed E-state index contributed by atoms with van der Waals surface area (Å²) in [4.78, 5) is 0. The van der Waals surface area contributed by atoms with E-state index in [1.54, 1.807) is 7.11 Å². The maximum Gasteiger partial charge on any atom is 0.135 e. The van der Waals surface area contributed by atoms with E-state index in [-0.39, 0.29) is 6.61 Å². The number of aliphatic hydroxyl groups is 1. The molecule has 21 heavy (non-hydrogen) atoms. The molecule has 1 N–H and O–H groups in total. The van der Waals surface area contributed by atoms with Crippen LogP contribution < -0.4 is 9.47 Å². The van der Waals surface area contributed by atoms with Gasteiger partial charge in [-0.1, -0.05) is 11.8 Å². The summed E-state index contributed by atoms with van der Waals surface area (Å²) in [5.41, 5.74) is 0.737. The van der Waals surface area contributed by atoms with Gasteiger partial charge in [0.25, 0.3) is 0 Å². The molecule has 0 aromatic heterocycles. The molecule has 1 aliphatic heterocycles. The quantitative estimate of drug-likeness (QED) is 0.645. The predicted octanol–water partition coefficient (Wildman–Crippen LogP) is 2.38. The average Bonchev–Trinajstić information content (AvgIpc) is 3.03. The third-order valence-electron chi connectivity index (χ3n) is 3.44. The molecule has 1 unspecified atom stereocenters. The number of ether oxygens (including phenoxy) is 3. The van der Waals surface area contributed by atoms with Crippen molar-refractivity contribution in [3.05, 3.63) is 23.8 Å². The van der Waals surface area contributed by atoms with E-state index in [0.29, 0.717) is 12.7 Å². The minimum atomic E-state index is -0.171. The monoisotopic (exact) mass is 290 g/mol. The SMILES string of the molecule is COc1ccc(OCCCC2CCCO2)c(C#CCO)c1. The highest BCUT2D eigenvalue weighted by Gasteiger charge is 2.14. The molecule has 1 fully saturated rings. The van der Waals surface area contributed by atoms with Crippen LogP contribution in [0, 0.1) is 11.8 Å². The second kappa shape index (κ2) is 8.56. The number of hydrogen-bond acceptors (Lipinski definition) is 4. The Morgan fingerprint density at radius 1 is 1.43 bits per heavy atom. The summed E-state index contributed by atoms with van der Waals surface area (Å²) in [7, 11) is 1.61. The van der Waals surface area contributed by atoms with Crippen LogP contribution in [-0.2, 0) is 4.74 Å². The normalized spacial score (nSPS) is 17.1. The van der Waals surface area contributed by atoms with Gasteiger partial charge in [0.2, 0.25) is 0 Å². The van der Waals surface area contributed by atoms with E-state index in [0.717, 1.165) is 42.9 Å². The highest BCUT2D eigenvalue weighted by Crippen LogP contribution is 2.24. The van der Waals surface area contributed by atoms with Crippen molar-refractivity contribution in [2.24, 2.45) is 0 Å². The third kappa shape index (κ3) is 4.96. The summed E-state index contributed by atoms with van der Waals surface area (Å²) in [6.45, 7) is 1.36. The van der Waals surface area contributed by atoms with Gasteiger partial charge in [0, 0.05) is 6.61 Å². The van der Waals surface area contributed by atoms with Gasteiger partial charge in [0.15, 0.2) is 0 Å². The molecule has 1 saturated heterocycles. The van der Waals surface area contributed by atoms with Crippen LogP contribution in [-0.4, -0.2) is 38.1 Å². The largest absolute Gasteiger partial charge is 0.497 e. The summed E-state index contributed by atoms with van der Waals surface area (Å²) < 4.78 is 16.6. The summed E-state index contributed by atoms with van der Waals surface area (Å²) in [5, 5.41) is 8.82. The zero-order valence-corrected chi connectivity index (χ0v) is 12.4. The van der Waals surface area contributed by atoms with Crippen LogP contribution in [0.5, 0.6) is 11.5 Å². The fourth-order valence-corrected chi connectivity index (χ4v) is 2.36. The average molecular weight is 290 g/mol. The van der Waals surface area contributed by atoms with E-state index in [1.165, 1.54) is 6.42 Å². The first-order valence-electron chi connectivity index (χ1n) is 7.35. The van der Waals surface area contributed by atoms with Crippen molar-refractivity contribution in [1.29, 1.82) is 0 Å². The van der Waals surface area contributed by atoms with Gasteiger partial charge in [-0.25, -0.2) is 0 Å². The second-order valence-corrected chi connectivity index (χ2v) is 4.95. The lowest BCUT2D eigenvalue weighted by Gasteiger charge is -2.12. The predicted molar refractivity (Wildman–Crippen MR) is 80.7 cm³/mol. The molecule has 1 atom stereocenters. The molecule has 1 heterocycles. The van der Waals surface area contributed by atoms with Crippen LogP contribution in [0.15, 0.2) is 18.2 Å². The zero-order chi connectivity index (χ0) is 14.9. The number of benzene rings is 1. The molecule has 0 saturated carbocycles. The summed E-state index contributed by atoms with van der Waals surface area (Å²) in [6.07, 6.45) is 4.73. The first kappa shape index (κ1) is 15.7. The summed E-state index contributed by atoms with van der Waals surface area (Å²) in [6, 6.07) is 5.52. The van der Waals surface area contributed by atoms with Crippen LogP contribution >= 0.6 is 0 Å². The Hall–Kier alpha value is -1.70. The Labute approximate surface area is 126 Å². The molecule has 0 amide bonds. The lowest BCUT2D eigenvalue weighted by molar-refractivity contribution is 0.0981. The first-order valence-corrected chi connectivity index (χ1v) is 7.35. The Kier molecular flexibility index (Phi) is 6.39. The smallest absolute Gasteiger partial charge is 0.135 e. The van der Waals surface area contributed by atoms with E-state index < -0.39 is 0 Å². The van der Waals surface area contributed by atoms with Crippen LogP contribution in [0.3, 0.4) is 0 Å². The maximum absolute atomic E-state index is 8.82. The zero-order valence-electron chi connectivity index (χ0n) is 12.4. The Morgan fingerprint density at radius 3 is 3.05 bits per heavy atom. The molecule has 1 aromatic carbocycles. The number of methoxy groups -OCH3 is 1. The molecule has 0 radical (unpaired) electrons. The number of rotatable bonds is 6. The Morgan fingerprint density at radius 2 is 2.33 bits per heavy atom. The molecule has 4 nitrogen and oxygen atoms in total. The molecule has 4 heteroatoms. The molecule has 0 spiro atoms. The molecule has 2 rings (SSSR count). The fourth-order valence-electron chi connectivity index (χ4n) is 2.36. The molecule has 1 aromatic rings. The Bertz CT molecular complexity index is 495. The molecule has 0 aliphatic carbocycles. The number of aliphatic hydroxyl groups excluding tert-OH is 1. The van der Waals surface area contributed by atoms with Gasteiger partial charge in [-0.3, -0.25) is 0 Å². The maximum atomic E-state index is 8.82. The van der Waals surface area contributed by atoms with Gasteiger partial charge in [0.05, 0.1) is 25.4 Å². The van der Waals surface area contributed by atoms with Crippen LogP contribution in [0.2, 0.25) is 0 Å². The summed E-state index contributed by atoms with van der Waals surface area (Å²) >= 11 is 0. The van der Waals surface area contributed by atoms with E-state index >= 15 is 0 Å². The van der Waals surface area contributed by atoms with Crippen molar-refractivity contribution in [3.63, 3.8) is 0 Å². The van der Waals surface area contributed by atoms with Crippen molar-refractivity contribution in [2.45, 2.75) is 31.8 Å². The molecule has 114 valence electrons. The lowest BCUT2D eigenvalue weighted by Crippen LogP contribution is -2.08. The first-order chi connectivity index (χ1) is 10.3. The van der Waals surface area contributed by atoms with E-state index in [1.807, 2.05) is 18.2 Å². The standard InChI is InChI=1S/C17H22O4/c1-19-16-8-9-17(14(13-16)5-2-10-18)21-12-4-7-15-6-3-11-20-15/h8-9,13,15,18H,3-4,6-7,10-12H2,1H3. The van der Waals surface area contributed by atoms with Crippen LogP contribution in [0.4, 0.5) is 0 Å². The van der Waals surface area contributed by atoms with E-state index in [4.69, 9.17) is 19.3 Å². The molecule has 1 aliphatic rings. The lowest BCUT2D eigenvalue weighted by atomic mass is 10.1. The highest BCUT2D eigenvalue weighted by molar-refractivity contribution is 5.50. The minimum absolute atomic E-state index is 0.171. The van der Waals surface area contributed by atoms with Gasteiger partial charge in [-0.05, 0) is 43.9 Å². The highest BCUT2D eigenvalue weighted by atomic mass is 16.5. The fraction of sp³-hybridized carbons (Fsp3) is 0.529. The van der Waals surface area contributed by atoms with Crippen molar-refractivity contribution in [2.75, 3.05) is 26.9 Å². The third-order valence-corrected chi connectivity index (χ3v) is 3.44. The van der Waals surface area contributed by atoms with Crippen molar-refractivity contribution in [1.82, 2.24) is 0 Å². The second-order valence-electron chi connectivity index (χ2n) is 4.95. The molecule has 0 bridgehead atoms. The topological polar surface area (TPSA) is 47.9 Å². The van der Waals surface area contributed by atoms with Gasteiger partial charge < -0.3 is 19.3 Å². The number of hydrogen-bond donors (Lipinski definition) is 1. The Balaban J connectivity index is 1.88.